The van der Waals surface area contributed by atoms with Crippen LogP contribution in [0, 0.1) is 0 Å². The van der Waals surface area contributed by atoms with Gasteiger partial charge in [-0.1, -0.05) is 18.2 Å². The van der Waals surface area contributed by atoms with E-state index >= 15 is 0 Å². The van der Waals surface area contributed by atoms with Gasteiger partial charge >= 0.3 is 0 Å². The average Bonchev–Trinajstić information content (AvgIpc) is 3.35. The highest BCUT2D eigenvalue weighted by Crippen LogP contribution is 2.38. The minimum absolute atomic E-state index is 0.380. The predicted molar refractivity (Wildman–Crippen MR) is 125 cm³/mol. The number of anilines is 1. The van der Waals surface area contributed by atoms with Gasteiger partial charge in [-0.2, -0.15) is 0 Å². The first kappa shape index (κ1) is 21.0. The van der Waals surface area contributed by atoms with Crippen molar-refractivity contribution in [2.45, 2.75) is 43.1 Å². The first-order chi connectivity index (χ1) is 15.7. The Morgan fingerprint density at radius 3 is 2.81 bits per heavy atom. The molecule has 3 heterocycles. The van der Waals surface area contributed by atoms with Crippen LogP contribution in [0.4, 0.5) is 5.82 Å². The van der Waals surface area contributed by atoms with E-state index in [4.69, 9.17) is 24.6 Å². The lowest BCUT2D eigenvalue weighted by atomic mass is 10.1. The molecule has 166 valence electrons. The fourth-order valence-electron chi connectivity index (χ4n) is 3.95. The van der Waals surface area contributed by atoms with E-state index in [0.29, 0.717) is 45.6 Å². The molecule has 0 spiro atoms. The molecule has 0 atom stereocenters. The molecular weight excluding hydrogens is 446 g/mol. The number of fused-ring (bicyclic) bond motifs is 3. The van der Waals surface area contributed by atoms with Crippen LogP contribution in [0.1, 0.15) is 35.5 Å². The molecule has 1 aliphatic carbocycles. The fourth-order valence-corrected chi connectivity index (χ4v) is 5.86. The summed E-state index contributed by atoms with van der Waals surface area (Å²) >= 11 is 3.14. The van der Waals surface area contributed by atoms with Gasteiger partial charge in [0.05, 0.1) is 30.9 Å². The summed E-state index contributed by atoms with van der Waals surface area (Å²) in [6.07, 6.45) is 5.88. The monoisotopic (exact) mass is 469 g/mol. The fraction of sp³-hybridized carbons (Fsp3) is 0.364. The summed E-state index contributed by atoms with van der Waals surface area (Å²) in [7, 11) is 3.20. The van der Waals surface area contributed by atoms with E-state index in [0.717, 1.165) is 23.1 Å². The van der Waals surface area contributed by atoms with Gasteiger partial charge in [-0.15, -0.1) is 21.5 Å². The Kier molecular flexibility index (Phi) is 5.88. The minimum atomic E-state index is 0.380. The SMILES string of the molecule is COc1ccc(-c2nnc(SCc3nc(N)c4c5c(sc4n3)CCCCC5)o2)c(OC)c1. The van der Waals surface area contributed by atoms with E-state index in [1.807, 2.05) is 12.1 Å². The molecule has 2 N–H and O–H groups in total. The largest absolute Gasteiger partial charge is 0.497 e. The van der Waals surface area contributed by atoms with E-state index in [1.165, 1.54) is 41.5 Å². The third kappa shape index (κ3) is 4.00. The normalized spacial score (nSPS) is 13.7. The Labute approximate surface area is 193 Å². The second kappa shape index (κ2) is 8.95. The van der Waals surface area contributed by atoms with Gasteiger partial charge < -0.3 is 19.6 Å². The topological polar surface area (TPSA) is 109 Å². The van der Waals surface area contributed by atoms with Crippen molar-refractivity contribution in [1.29, 1.82) is 0 Å². The van der Waals surface area contributed by atoms with E-state index in [-0.39, 0.29) is 0 Å². The van der Waals surface area contributed by atoms with Crippen LogP contribution in [-0.4, -0.2) is 34.4 Å². The maximum atomic E-state index is 6.35. The number of nitrogens with two attached hydrogens (primary N) is 1. The van der Waals surface area contributed by atoms with Gasteiger partial charge in [0.25, 0.3) is 11.1 Å². The highest BCUT2D eigenvalue weighted by Gasteiger charge is 2.20. The van der Waals surface area contributed by atoms with Crippen LogP contribution < -0.4 is 15.2 Å². The van der Waals surface area contributed by atoms with Crippen LogP contribution in [0.3, 0.4) is 0 Å². The molecule has 0 unspecified atom stereocenters. The summed E-state index contributed by atoms with van der Waals surface area (Å²) < 4.78 is 16.5. The number of ether oxygens (including phenoxy) is 2. The number of hydrogen-bond donors (Lipinski definition) is 1. The van der Waals surface area contributed by atoms with Crippen molar-refractivity contribution in [3.63, 3.8) is 0 Å². The molecule has 0 radical (unpaired) electrons. The van der Waals surface area contributed by atoms with Crippen LogP contribution >= 0.6 is 23.1 Å². The summed E-state index contributed by atoms with van der Waals surface area (Å²) in [5.41, 5.74) is 8.41. The number of aromatic nitrogens is 4. The van der Waals surface area contributed by atoms with E-state index in [2.05, 4.69) is 15.2 Å². The summed E-state index contributed by atoms with van der Waals surface area (Å²) in [6, 6.07) is 5.43. The molecule has 0 saturated heterocycles. The third-order valence-electron chi connectivity index (χ3n) is 5.51. The Morgan fingerprint density at radius 2 is 1.97 bits per heavy atom. The molecule has 10 heteroatoms. The molecule has 0 amide bonds. The first-order valence-corrected chi connectivity index (χ1v) is 12.2. The second-order valence-corrected chi connectivity index (χ2v) is 9.51. The van der Waals surface area contributed by atoms with Crippen LogP contribution in [0.5, 0.6) is 11.5 Å². The molecule has 1 aromatic carbocycles. The maximum Gasteiger partial charge on any atom is 0.277 e. The van der Waals surface area contributed by atoms with Crippen LogP contribution in [0.15, 0.2) is 27.8 Å². The number of thioether (sulfide) groups is 1. The summed E-state index contributed by atoms with van der Waals surface area (Å²) in [6.45, 7) is 0. The highest BCUT2D eigenvalue weighted by molar-refractivity contribution is 7.98. The smallest absolute Gasteiger partial charge is 0.277 e. The summed E-state index contributed by atoms with van der Waals surface area (Å²) in [4.78, 5) is 11.7. The number of nitrogens with zero attached hydrogens (tertiary/aromatic N) is 4. The van der Waals surface area contributed by atoms with Crippen molar-refractivity contribution >= 4 is 39.1 Å². The van der Waals surface area contributed by atoms with Crippen LogP contribution in [-0.2, 0) is 18.6 Å². The number of methoxy groups -OCH3 is 2. The van der Waals surface area contributed by atoms with E-state index in [1.54, 1.807) is 31.6 Å². The number of thiophene rings is 1. The van der Waals surface area contributed by atoms with E-state index in [9.17, 15) is 0 Å². The Balaban J connectivity index is 1.35. The molecule has 5 rings (SSSR count). The molecule has 0 fully saturated rings. The molecule has 0 bridgehead atoms. The lowest BCUT2D eigenvalue weighted by Gasteiger charge is -2.07. The first-order valence-electron chi connectivity index (χ1n) is 10.4. The maximum absolute atomic E-state index is 6.35. The van der Waals surface area contributed by atoms with Gasteiger partial charge in [0.2, 0.25) is 0 Å². The molecule has 0 aliphatic heterocycles. The molecule has 8 nitrogen and oxygen atoms in total. The van der Waals surface area contributed by atoms with Gasteiger partial charge in [-0.05, 0) is 43.4 Å². The lowest BCUT2D eigenvalue weighted by Crippen LogP contribution is -2.00. The summed E-state index contributed by atoms with van der Waals surface area (Å²) in [5.74, 6) is 3.39. The second-order valence-electron chi connectivity index (χ2n) is 7.50. The molecule has 0 saturated carbocycles. The minimum Gasteiger partial charge on any atom is -0.497 e. The Hall–Kier alpha value is -2.85. The molecular formula is C22H23N5O3S2. The van der Waals surface area contributed by atoms with Crippen LogP contribution in [0.25, 0.3) is 21.7 Å². The standard InChI is InChI=1S/C22H23N5O3S2/c1-28-12-8-9-13(15(10-12)29-2)20-26-27-22(30-20)31-11-17-24-19(23)18-14-6-4-3-5-7-16(14)32-21(18)25-17/h8-10H,3-7,11H2,1-2H3,(H2,23,24,25). The number of aryl methyl sites for hydroxylation is 2. The third-order valence-corrected chi connectivity index (χ3v) is 7.51. The average molecular weight is 470 g/mol. The lowest BCUT2D eigenvalue weighted by molar-refractivity contribution is 0.393. The Morgan fingerprint density at radius 1 is 1.09 bits per heavy atom. The molecule has 1 aliphatic rings. The van der Waals surface area contributed by atoms with Crippen molar-refractivity contribution in [1.82, 2.24) is 20.2 Å². The zero-order valence-electron chi connectivity index (χ0n) is 17.9. The zero-order chi connectivity index (χ0) is 22.1. The number of rotatable bonds is 6. The number of hydrogen-bond acceptors (Lipinski definition) is 10. The Bertz CT molecular complexity index is 1270. The van der Waals surface area contributed by atoms with Crippen molar-refractivity contribution in [3.05, 3.63) is 34.5 Å². The van der Waals surface area contributed by atoms with Crippen molar-refractivity contribution in [2.75, 3.05) is 20.0 Å². The molecule has 4 aromatic rings. The zero-order valence-corrected chi connectivity index (χ0v) is 19.5. The van der Waals surface area contributed by atoms with Crippen LogP contribution in [0.2, 0.25) is 0 Å². The van der Waals surface area contributed by atoms with Gasteiger partial charge in [0.15, 0.2) is 0 Å². The van der Waals surface area contributed by atoms with Crippen molar-refractivity contribution in [3.8, 4) is 23.0 Å². The number of nitrogen functional groups attached to an aromatic ring is 1. The van der Waals surface area contributed by atoms with Gasteiger partial charge in [0, 0.05) is 10.9 Å². The van der Waals surface area contributed by atoms with Gasteiger partial charge in [-0.3, -0.25) is 0 Å². The molecule has 3 aromatic heterocycles. The van der Waals surface area contributed by atoms with E-state index < -0.39 is 0 Å². The quantitative estimate of drug-likeness (QED) is 0.311. The van der Waals surface area contributed by atoms with Crippen molar-refractivity contribution in [2.24, 2.45) is 0 Å². The van der Waals surface area contributed by atoms with Gasteiger partial charge in [0.1, 0.15) is 28.0 Å². The van der Waals surface area contributed by atoms with Gasteiger partial charge in [-0.25, -0.2) is 9.97 Å². The molecule has 32 heavy (non-hydrogen) atoms. The predicted octanol–water partition coefficient (Wildman–Crippen LogP) is 4.90. The van der Waals surface area contributed by atoms with Crippen molar-refractivity contribution < 1.29 is 13.9 Å². The number of benzene rings is 1. The summed E-state index contributed by atoms with van der Waals surface area (Å²) in [5, 5.41) is 9.79. The highest BCUT2D eigenvalue weighted by atomic mass is 32.2.